The molecule has 174 valence electrons. The van der Waals surface area contributed by atoms with Crippen molar-refractivity contribution in [1.82, 2.24) is 14.3 Å². The first-order valence-electron chi connectivity index (χ1n) is 10.6. The smallest absolute Gasteiger partial charge is 0.414 e. The number of anilines is 2. The Kier molecular flexibility index (Phi) is 6.14. The predicted octanol–water partition coefficient (Wildman–Crippen LogP) is 1.04. The molecule has 1 fully saturated rings. The standard InChI is InChI=1S/C22H25FN6O4/c1-3-27(9-10-29-21(31)19-16(5-4-8-25-19)20(30)26(29)2)18-7-6-14(11-17(18)23)28-13-15(12-24)33-22(28)32/h4-8,11,15H,3,9-10,12-13,24H2,1-2H3/t15-/m0/s1. The van der Waals surface area contributed by atoms with Crippen molar-refractivity contribution in [1.29, 1.82) is 0 Å². The maximum atomic E-state index is 15.0. The van der Waals surface area contributed by atoms with Gasteiger partial charge in [0, 0.05) is 32.9 Å². The zero-order chi connectivity index (χ0) is 23.7. The molecule has 0 spiro atoms. The molecule has 1 atom stereocenters. The average Bonchev–Trinajstić information content (AvgIpc) is 3.21. The van der Waals surface area contributed by atoms with Crippen molar-refractivity contribution in [2.24, 2.45) is 12.8 Å². The van der Waals surface area contributed by atoms with Gasteiger partial charge in [0.2, 0.25) is 0 Å². The average molecular weight is 456 g/mol. The van der Waals surface area contributed by atoms with Gasteiger partial charge in [0.1, 0.15) is 17.4 Å². The molecule has 11 heteroatoms. The molecule has 1 aromatic carbocycles. The number of carbonyl (C=O) groups excluding carboxylic acids is 1. The van der Waals surface area contributed by atoms with Crippen LogP contribution in [0.25, 0.3) is 10.9 Å². The number of fused-ring (bicyclic) bond motifs is 1. The van der Waals surface area contributed by atoms with Gasteiger partial charge in [-0.3, -0.25) is 24.2 Å². The minimum absolute atomic E-state index is 0.104. The second-order valence-corrected chi connectivity index (χ2v) is 7.72. The molecule has 0 unspecified atom stereocenters. The molecular weight excluding hydrogens is 431 g/mol. The lowest BCUT2D eigenvalue weighted by Crippen LogP contribution is -2.40. The summed E-state index contributed by atoms with van der Waals surface area (Å²) in [5.41, 5.74) is 5.65. The van der Waals surface area contributed by atoms with Gasteiger partial charge in [0.05, 0.1) is 29.9 Å². The molecular formula is C22H25FN6O4. The Bertz CT molecular complexity index is 1320. The van der Waals surface area contributed by atoms with Gasteiger partial charge in [-0.2, -0.15) is 0 Å². The highest BCUT2D eigenvalue weighted by Crippen LogP contribution is 2.27. The molecule has 3 aromatic rings. The van der Waals surface area contributed by atoms with Crippen molar-refractivity contribution < 1.29 is 13.9 Å². The molecule has 1 aliphatic rings. The lowest BCUT2D eigenvalue weighted by Gasteiger charge is -2.25. The summed E-state index contributed by atoms with van der Waals surface area (Å²) in [6.07, 6.45) is 0.484. The monoisotopic (exact) mass is 456 g/mol. The summed E-state index contributed by atoms with van der Waals surface area (Å²) < 4.78 is 22.7. The van der Waals surface area contributed by atoms with Crippen LogP contribution < -0.4 is 26.7 Å². The Morgan fingerprint density at radius 1 is 1.24 bits per heavy atom. The van der Waals surface area contributed by atoms with Gasteiger partial charge < -0.3 is 15.4 Å². The number of rotatable bonds is 7. The molecule has 4 rings (SSSR count). The van der Waals surface area contributed by atoms with E-state index in [4.69, 9.17) is 10.5 Å². The number of benzene rings is 1. The first-order valence-corrected chi connectivity index (χ1v) is 10.6. The number of hydrogen-bond acceptors (Lipinski definition) is 7. The van der Waals surface area contributed by atoms with Crippen LogP contribution >= 0.6 is 0 Å². The molecule has 1 saturated heterocycles. The lowest BCUT2D eigenvalue weighted by atomic mass is 10.2. The predicted molar refractivity (Wildman–Crippen MR) is 122 cm³/mol. The highest BCUT2D eigenvalue weighted by atomic mass is 19.1. The topological polar surface area (TPSA) is 116 Å². The SMILES string of the molecule is CCN(CCn1c(=O)c2ncccc2c(=O)n1C)c1ccc(N2C[C@H](CN)OC2=O)cc1F. The fraction of sp³-hybridized carbons (Fsp3) is 0.364. The van der Waals surface area contributed by atoms with Crippen LogP contribution in [0.1, 0.15) is 6.92 Å². The molecule has 2 N–H and O–H groups in total. The molecule has 1 aliphatic heterocycles. The van der Waals surface area contributed by atoms with Crippen molar-refractivity contribution in [2.75, 3.05) is 36.0 Å². The number of cyclic esters (lactones) is 1. The van der Waals surface area contributed by atoms with E-state index in [1.165, 1.54) is 33.6 Å². The maximum Gasteiger partial charge on any atom is 0.414 e. The molecule has 3 heterocycles. The van der Waals surface area contributed by atoms with Crippen LogP contribution in [0.15, 0.2) is 46.1 Å². The van der Waals surface area contributed by atoms with E-state index in [0.717, 1.165) is 0 Å². The Morgan fingerprint density at radius 3 is 2.70 bits per heavy atom. The molecule has 1 amide bonds. The van der Waals surface area contributed by atoms with Gasteiger partial charge in [-0.05, 0) is 37.3 Å². The van der Waals surface area contributed by atoms with Gasteiger partial charge >= 0.3 is 6.09 Å². The van der Waals surface area contributed by atoms with E-state index in [2.05, 4.69) is 4.98 Å². The third kappa shape index (κ3) is 4.07. The van der Waals surface area contributed by atoms with Crippen molar-refractivity contribution in [3.05, 3.63) is 63.1 Å². The second kappa shape index (κ2) is 9.02. The van der Waals surface area contributed by atoms with Gasteiger partial charge in [-0.1, -0.05) is 0 Å². The Balaban J connectivity index is 1.58. The van der Waals surface area contributed by atoms with Crippen LogP contribution in [0.2, 0.25) is 0 Å². The van der Waals surface area contributed by atoms with Crippen LogP contribution in [-0.2, 0) is 18.3 Å². The fourth-order valence-corrected chi connectivity index (χ4v) is 3.98. The molecule has 2 aromatic heterocycles. The molecule has 0 aliphatic carbocycles. The van der Waals surface area contributed by atoms with Crippen LogP contribution in [0.4, 0.5) is 20.6 Å². The minimum Gasteiger partial charge on any atom is -0.443 e. The van der Waals surface area contributed by atoms with Gasteiger partial charge in [-0.15, -0.1) is 0 Å². The third-order valence-electron chi connectivity index (χ3n) is 5.82. The second-order valence-electron chi connectivity index (χ2n) is 7.72. The fourth-order valence-electron chi connectivity index (χ4n) is 3.98. The molecule has 0 radical (unpaired) electrons. The Hall–Kier alpha value is -3.73. The van der Waals surface area contributed by atoms with E-state index in [9.17, 15) is 14.4 Å². The summed E-state index contributed by atoms with van der Waals surface area (Å²) in [5.74, 6) is -0.514. The number of aromatic nitrogens is 3. The summed E-state index contributed by atoms with van der Waals surface area (Å²) in [6.45, 7) is 3.21. The van der Waals surface area contributed by atoms with E-state index in [0.29, 0.717) is 17.9 Å². The highest BCUT2D eigenvalue weighted by molar-refractivity contribution is 5.90. The van der Waals surface area contributed by atoms with Crippen molar-refractivity contribution in [3.63, 3.8) is 0 Å². The van der Waals surface area contributed by atoms with Crippen LogP contribution in [0.3, 0.4) is 0 Å². The number of pyridine rings is 1. The quantitative estimate of drug-likeness (QED) is 0.565. The number of carbonyl (C=O) groups is 1. The molecule has 10 nitrogen and oxygen atoms in total. The summed E-state index contributed by atoms with van der Waals surface area (Å²) in [4.78, 5) is 44.7. The van der Waals surface area contributed by atoms with Gasteiger partial charge in [0.25, 0.3) is 11.1 Å². The first kappa shape index (κ1) is 22.5. The van der Waals surface area contributed by atoms with Crippen molar-refractivity contribution >= 4 is 28.4 Å². The maximum absolute atomic E-state index is 15.0. The number of likely N-dealkylation sites (N-methyl/N-ethyl adjacent to an activating group) is 1. The summed E-state index contributed by atoms with van der Waals surface area (Å²) in [7, 11) is 1.52. The number of halogens is 1. The van der Waals surface area contributed by atoms with E-state index < -0.39 is 18.0 Å². The normalized spacial score (nSPS) is 15.8. The summed E-state index contributed by atoms with van der Waals surface area (Å²) in [5, 5.41) is 0.257. The molecule has 0 bridgehead atoms. The van der Waals surface area contributed by atoms with E-state index in [1.54, 1.807) is 29.2 Å². The largest absolute Gasteiger partial charge is 0.443 e. The lowest BCUT2D eigenvalue weighted by molar-refractivity contribution is 0.145. The number of nitrogens with zero attached hydrogens (tertiary/aromatic N) is 5. The Morgan fingerprint density at radius 2 is 2.03 bits per heavy atom. The van der Waals surface area contributed by atoms with Crippen molar-refractivity contribution in [3.8, 4) is 0 Å². The minimum atomic E-state index is -0.560. The van der Waals surface area contributed by atoms with Crippen LogP contribution in [-0.4, -0.2) is 52.7 Å². The molecule has 0 saturated carbocycles. The van der Waals surface area contributed by atoms with E-state index in [1.807, 2.05) is 6.92 Å². The summed E-state index contributed by atoms with van der Waals surface area (Å²) >= 11 is 0. The highest BCUT2D eigenvalue weighted by Gasteiger charge is 2.32. The van der Waals surface area contributed by atoms with Gasteiger partial charge in [0.15, 0.2) is 0 Å². The molecule has 33 heavy (non-hydrogen) atoms. The first-order chi connectivity index (χ1) is 15.8. The summed E-state index contributed by atoms with van der Waals surface area (Å²) in [6, 6.07) is 7.68. The number of amides is 1. The number of nitrogens with two attached hydrogens (primary N) is 1. The van der Waals surface area contributed by atoms with E-state index >= 15 is 4.39 Å². The third-order valence-corrected chi connectivity index (χ3v) is 5.82. The van der Waals surface area contributed by atoms with Crippen LogP contribution in [0, 0.1) is 5.82 Å². The van der Waals surface area contributed by atoms with Crippen molar-refractivity contribution in [2.45, 2.75) is 19.6 Å². The zero-order valence-corrected chi connectivity index (χ0v) is 18.4. The zero-order valence-electron chi connectivity index (χ0n) is 18.4. The van der Waals surface area contributed by atoms with E-state index in [-0.39, 0.29) is 48.2 Å². The van der Waals surface area contributed by atoms with Gasteiger partial charge in [-0.25, -0.2) is 13.9 Å². The number of hydrogen-bond donors (Lipinski definition) is 1. The Labute approximate surface area is 188 Å². The van der Waals surface area contributed by atoms with Crippen LogP contribution in [0.5, 0.6) is 0 Å². The number of ether oxygens (including phenoxy) is 1.